The number of nitrogens with one attached hydrogen (secondary N) is 1. The summed E-state index contributed by atoms with van der Waals surface area (Å²) in [4.78, 5) is 0. The van der Waals surface area contributed by atoms with Gasteiger partial charge in [0.1, 0.15) is 0 Å². The average Bonchev–Trinajstić information content (AvgIpc) is 2.07. The second-order valence-electron chi connectivity index (χ2n) is 3.77. The van der Waals surface area contributed by atoms with Crippen molar-refractivity contribution in [3.8, 4) is 0 Å². The van der Waals surface area contributed by atoms with Crippen molar-refractivity contribution in [3.63, 3.8) is 0 Å². The average molecular weight is 275 g/mol. The number of anilines is 1. The highest BCUT2D eigenvalue weighted by molar-refractivity contribution is 9.10. The first-order valence-corrected chi connectivity index (χ1v) is 6.12. The van der Waals surface area contributed by atoms with Gasteiger partial charge in [-0.3, -0.25) is 0 Å². The number of para-hydroxylation sites is 1. The van der Waals surface area contributed by atoms with Crippen molar-refractivity contribution in [3.05, 3.63) is 27.7 Å². The van der Waals surface area contributed by atoms with Crippen LogP contribution in [0.4, 0.5) is 5.69 Å². The molecule has 0 amide bonds. The second-order valence-corrected chi connectivity index (χ2v) is 5.04. The predicted molar refractivity (Wildman–Crippen MR) is 65.0 cm³/mol. The predicted octanol–water partition coefficient (Wildman–Crippen LogP) is 4.31. The second kappa shape index (κ2) is 4.54. The molecule has 0 radical (unpaired) electrons. The molecule has 1 N–H and O–H groups in total. The third kappa shape index (κ3) is 2.23. The Bertz CT molecular complexity index is 303. The summed E-state index contributed by atoms with van der Waals surface area (Å²) < 4.78 is 1.05. The first kappa shape index (κ1) is 10.3. The quantitative estimate of drug-likeness (QED) is 0.866. The van der Waals surface area contributed by atoms with Crippen molar-refractivity contribution in [2.24, 2.45) is 5.92 Å². The van der Waals surface area contributed by atoms with E-state index in [0.29, 0.717) is 0 Å². The lowest BCUT2D eigenvalue weighted by Gasteiger charge is -2.26. The fourth-order valence-electron chi connectivity index (χ4n) is 1.61. The number of hydrogen-bond acceptors (Lipinski definition) is 1. The van der Waals surface area contributed by atoms with E-state index in [0.717, 1.165) is 27.6 Å². The van der Waals surface area contributed by atoms with Crippen molar-refractivity contribution < 1.29 is 0 Å². The van der Waals surface area contributed by atoms with Crippen LogP contribution in [-0.2, 0) is 0 Å². The highest BCUT2D eigenvalue weighted by atomic mass is 79.9. The topological polar surface area (TPSA) is 12.0 Å². The van der Waals surface area contributed by atoms with Crippen LogP contribution in [0.2, 0.25) is 5.02 Å². The lowest BCUT2D eigenvalue weighted by Crippen LogP contribution is -2.21. The Hall–Kier alpha value is -0.210. The van der Waals surface area contributed by atoms with Gasteiger partial charge in [-0.15, -0.1) is 0 Å². The van der Waals surface area contributed by atoms with Gasteiger partial charge in [0, 0.05) is 11.0 Å². The molecule has 1 saturated carbocycles. The Labute approximate surface area is 98.0 Å². The van der Waals surface area contributed by atoms with E-state index in [1.807, 2.05) is 18.2 Å². The Balaban J connectivity index is 2.00. The van der Waals surface area contributed by atoms with Crippen LogP contribution in [0.1, 0.15) is 19.3 Å². The summed E-state index contributed by atoms with van der Waals surface area (Å²) in [6.07, 6.45) is 4.10. The number of hydrogen-bond donors (Lipinski definition) is 1. The zero-order valence-corrected chi connectivity index (χ0v) is 10.2. The Morgan fingerprint density at radius 1 is 1.43 bits per heavy atom. The zero-order valence-electron chi connectivity index (χ0n) is 7.89. The summed E-state index contributed by atoms with van der Waals surface area (Å²) in [5, 5.41) is 4.19. The number of benzene rings is 1. The van der Waals surface area contributed by atoms with Crippen molar-refractivity contribution in [1.29, 1.82) is 0 Å². The molecule has 0 heterocycles. The van der Waals surface area contributed by atoms with Gasteiger partial charge in [0.25, 0.3) is 0 Å². The largest absolute Gasteiger partial charge is 0.383 e. The fraction of sp³-hybridized carbons (Fsp3) is 0.455. The molecule has 0 aromatic heterocycles. The van der Waals surface area contributed by atoms with Crippen molar-refractivity contribution in [2.45, 2.75) is 19.3 Å². The van der Waals surface area contributed by atoms with Crippen LogP contribution in [-0.4, -0.2) is 6.54 Å². The van der Waals surface area contributed by atoms with Gasteiger partial charge in [0.2, 0.25) is 0 Å². The van der Waals surface area contributed by atoms with Gasteiger partial charge < -0.3 is 5.32 Å². The standard InChI is InChI=1S/C11H13BrClN/c12-9-5-2-6-10(13)11(9)14-7-8-3-1-4-8/h2,5-6,8,14H,1,3-4,7H2. The van der Waals surface area contributed by atoms with E-state index in [4.69, 9.17) is 11.6 Å². The fourth-order valence-corrected chi connectivity index (χ4v) is 2.47. The number of rotatable bonds is 3. The molecular weight excluding hydrogens is 261 g/mol. The van der Waals surface area contributed by atoms with Crippen molar-refractivity contribution in [2.75, 3.05) is 11.9 Å². The molecule has 14 heavy (non-hydrogen) atoms. The molecule has 0 aliphatic heterocycles. The molecule has 1 aromatic carbocycles. The van der Waals surface area contributed by atoms with Crippen LogP contribution < -0.4 is 5.32 Å². The maximum Gasteiger partial charge on any atom is 0.0674 e. The normalized spacial score (nSPS) is 16.4. The van der Waals surface area contributed by atoms with E-state index >= 15 is 0 Å². The first-order chi connectivity index (χ1) is 6.77. The Morgan fingerprint density at radius 2 is 2.21 bits per heavy atom. The molecule has 0 spiro atoms. The monoisotopic (exact) mass is 273 g/mol. The third-order valence-corrected chi connectivity index (χ3v) is 3.73. The Morgan fingerprint density at radius 3 is 2.79 bits per heavy atom. The van der Waals surface area contributed by atoms with Crippen LogP contribution in [0.25, 0.3) is 0 Å². The molecule has 0 unspecified atom stereocenters. The molecule has 0 bridgehead atoms. The highest BCUT2D eigenvalue weighted by Gasteiger charge is 2.17. The van der Waals surface area contributed by atoms with Gasteiger partial charge in [-0.05, 0) is 46.8 Å². The van der Waals surface area contributed by atoms with Gasteiger partial charge in [0.15, 0.2) is 0 Å². The first-order valence-electron chi connectivity index (χ1n) is 4.95. The molecule has 2 rings (SSSR count). The van der Waals surface area contributed by atoms with Gasteiger partial charge in [-0.2, -0.15) is 0 Å². The van der Waals surface area contributed by atoms with E-state index in [2.05, 4.69) is 21.2 Å². The molecular formula is C11H13BrClN. The molecule has 1 aliphatic rings. The van der Waals surface area contributed by atoms with E-state index in [9.17, 15) is 0 Å². The van der Waals surface area contributed by atoms with Gasteiger partial charge in [0.05, 0.1) is 10.7 Å². The summed E-state index contributed by atoms with van der Waals surface area (Å²) >= 11 is 9.57. The third-order valence-electron chi connectivity index (χ3n) is 2.76. The van der Waals surface area contributed by atoms with E-state index in [1.165, 1.54) is 19.3 Å². The smallest absolute Gasteiger partial charge is 0.0674 e. The number of halogens is 2. The summed E-state index contributed by atoms with van der Waals surface area (Å²) in [6.45, 7) is 1.04. The lowest BCUT2D eigenvalue weighted by atomic mass is 9.85. The summed E-state index contributed by atoms with van der Waals surface area (Å²) in [5.74, 6) is 0.846. The molecule has 0 saturated heterocycles. The van der Waals surface area contributed by atoms with Crippen molar-refractivity contribution in [1.82, 2.24) is 0 Å². The minimum absolute atomic E-state index is 0.790. The summed E-state index contributed by atoms with van der Waals surface area (Å²) in [5.41, 5.74) is 1.03. The van der Waals surface area contributed by atoms with E-state index in [-0.39, 0.29) is 0 Å². The molecule has 1 aliphatic carbocycles. The molecule has 1 nitrogen and oxygen atoms in total. The minimum Gasteiger partial charge on any atom is -0.383 e. The van der Waals surface area contributed by atoms with Crippen LogP contribution in [0.15, 0.2) is 22.7 Å². The van der Waals surface area contributed by atoms with Crippen LogP contribution >= 0.6 is 27.5 Å². The molecule has 0 atom stereocenters. The molecule has 1 aromatic rings. The van der Waals surface area contributed by atoms with Gasteiger partial charge in [-0.25, -0.2) is 0 Å². The summed E-state index contributed by atoms with van der Waals surface area (Å²) in [6, 6.07) is 5.87. The Kier molecular flexibility index (Phi) is 3.34. The maximum absolute atomic E-state index is 6.08. The molecule has 1 fully saturated rings. The summed E-state index contributed by atoms with van der Waals surface area (Å²) in [7, 11) is 0. The van der Waals surface area contributed by atoms with Crippen molar-refractivity contribution >= 4 is 33.2 Å². The van der Waals surface area contributed by atoms with E-state index < -0.39 is 0 Å². The van der Waals surface area contributed by atoms with Crippen LogP contribution in [0.3, 0.4) is 0 Å². The highest BCUT2D eigenvalue weighted by Crippen LogP contribution is 2.32. The van der Waals surface area contributed by atoms with Crippen LogP contribution in [0.5, 0.6) is 0 Å². The van der Waals surface area contributed by atoms with Gasteiger partial charge in [-0.1, -0.05) is 24.1 Å². The van der Waals surface area contributed by atoms with Gasteiger partial charge >= 0.3 is 0 Å². The maximum atomic E-state index is 6.08. The molecule has 3 heteroatoms. The van der Waals surface area contributed by atoms with Crippen LogP contribution in [0, 0.1) is 5.92 Å². The van der Waals surface area contributed by atoms with E-state index in [1.54, 1.807) is 0 Å². The minimum atomic E-state index is 0.790. The lowest BCUT2D eigenvalue weighted by molar-refractivity contribution is 0.333. The zero-order chi connectivity index (χ0) is 9.97. The molecule has 76 valence electrons. The SMILES string of the molecule is Clc1cccc(Br)c1NCC1CCC1.